The van der Waals surface area contributed by atoms with Crippen LogP contribution in [0.3, 0.4) is 0 Å². The molecule has 4 rings (SSSR count). The number of carbonyl (C=O) groups excluding carboxylic acids is 1. The van der Waals surface area contributed by atoms with Crippen molar-refractivity contribution in [1.82, 2.24) is 9.55 Å². The number of nitrogens with zero attached hydrogens (tertiary/aromatic N) is 2. The van der Waals surface area contributed by atoms with Gasteiger partial charge in [0.25, 0.3) is 5.56 Å². The average Bonchev–Trinajstić information content (AvgIpc) is 2.92. The molecule has 0 aliphatic heterocycles. The maximum absolute atomic E-state index is 13.6. The van der Waals surface area contributed by atoms with Gasteiger partial charge < -0.3 is 14.0 Å². The molecule has 0 bridgehead atoms. The van der Waals surface area contributed by atoms with Gasteiger partial charge in [0.05, 0.1) is 19.3 Å². The molecule has 7 heteroatoms. The average molecular weight is 517 g/mol. The van der Waals surface area contributed by atoms with Gasteiger partial charge in [0.15, 0.2) is 5.69 Å². The molecule has 0 N–H and O–H groups in total. The van der Waals surface area contributed by atoms with Crippen molar-refractivity contribution in [3.8, 4) is 11.5 Å². The summed E-state index contributed by atoms with van der Waals surface area (Å²) in [5.74, 6) is 1.10. The van der Waals surface area contributed by atoms with Gasteiger partial charge in [-0.2, -0.15) is 0 Å². The number of rotatable bonds is 10. The third-order valence-electron chi connectivity index (χ3n) is 5.90. The third kappa shape index (κ3) is 6.46. The summed E-state index contributed by atoms with van der Waals surface area (Å²) in [6.07, 6.45) is 0.555. The van der Waals surface area contributed by atoms with Crippen LogP contribution in [0, 0.1) is 5.92 Å². The zero-order valence-electron chi connectivity index (χ0n) is 21.1. The van der Waals surface area contributed by atoms with Crippen molar-refractivity contribution in [3.63, 3.8) is 0 Å². The Bertz CT molecular complexity index is 1410. The van der Waals surface area contributed by atoms with Crippen LogP contribution in [-0.2, 0) is 19.6 Å². The van der Waals surface area contributed by atoms with Crippen molar-refractivity contribution in [2.45, 2.75) is 33.4 Å². The molecule has 0 radical (unpaired) electrons. The molecule has 190 valence electrons. The third-order valence-corrected chi connectivity index (χ3v) is 6.21. The van der Waals surface area contributed by atoms with Crippen LogP contribution in [0.1, 0.15) is 46.7 Å². The Hall–Kier alpha value is -3.90. The van der Waals surface area contributed by atoms with E-state index in [-0.39, 0.29) is 23.3 Å². The number of benzene rings is 3. The summed E-state index contributed by atoms with van der Waals surface area (Å²) < 4.78 is 12.6. The summed E-state index contributed by atoms with van der Waals surface area (Å²) >= 11 is 6.56. The summed E-state index contributed by atoms with van der Waals surface area (Å²) in [6.45, 7) is 4.76. The van der Waals surface area contributed by atoms with E-state index >= 15 is 0 Å². The van der Waals surface area contributed by atoms with Crippen molar-refractivity contribution in [2.24, 2.45) is 5.92 Å². The molecule has 0 atom stereocenters. The van der Waals surface area contributed by atoms with Gasteiger partial charge in [-0.25, -0.2) is 4.98 Å². The van der Waals surface area contributed by atoms with Crippen molar-refractivity contribution >= 4 is 17.4 Å². The van der Waals surface area contributed by atoms with E-state index in [0.29, 0.717) is 30.0 Å². The molecule has 0 spiro atoms. The molecule has 1 heterocycles. The van der Waals surface area contributed by atoms with Crippen LogP contribution in [-0.4, -0.2) is 22.4 Å². The Balaban J connectivity index is 1.62. The molecule has 4 aromatic rings. The quantitative estimate of drug-likeness (QED) is 0.243. The topological polar surface area (TPSA) is 70.4 Å². The molecular weight excluding hydrogens is 488 g/mol. The first-order valence-electron chi connectivity index (χ1n) is 12.1. The standard InChI is InChI=1S/C30H29ClN2O4/c1-20(2)17-26-29(31)32-27(30(35)33(26)18-21-9-13-24(36-3)14-10-21)28(34)23-11-15-25(16-12-23)37-19-22-7-5-4-6-8-22/h4-16,20H,17-19H2,1-3H3. The van der Waals surface area contributed by atoms with Crippen LogP contribution >= 0.6 is 11.6 Å². The lowest BCUT2D eigenvalue weighted by Gasteiger charge is -2.17. The number of ketones is 1. The zero-order valence-corrected chi connectivity index (χ0v) is 21.9. The molecule has 0 aliphatic rings. The van der Waals surface area contributed by atoms with Crippen LogP contribution in [0.4, 0.5) is 0 Å². The minimum atomic E-state index is -0.485. The predicted molar refractivity (Wildman–Crippen MR) is 145 cm³/mol. The minimum absolute atomic E-state index is 0.160. The van der Waals surface area contributed by atoms with Gasteiger partial charge in [0.2, 0.25) is 5.78 Å². The second-order valence-corrected chi connectivity index (χ2v) is 9.52. The molecule has 3 aromatic carbocycles. The Morgan fingerprint density at radius 2 is 1.57 bits per heavy atom. The highest BCUT2D eigenvalue weighted by Gasteiger charge is 2.22. The van der Waals surface area contributed by atoms with Crippen LogP contribution in [0.15, 0.2) is 83.7 Å². The highest BCUT2D eigenvalue weighted by molar-refractivity contribution is 6.30. The first kappa shape index (κ1) is 26.2. The van der Waals surface area contributed by atoms with E-state index in [0.717, 1.165) is 16.9 Å². The molecular formula is C30H29ClN2O4. The Kier molecular flexibility index (Phi) is 8.41. The Morgan fingerprint density at radius 1 is 0.919 bits per heavy atom. The fourth-order valence-electron chi connectivity index (χ4n) is 3.96. The van der Waals surface area contributed by atoms with Gasteiger partial charge in [-0.15, -0.1) is 0 Å². The van der Waals surface area contributed by atoms with E-state index in [2.05, 4.69) is 4.98 Å². The van der Waals surface area contributed by atoms with Gasteiger partial charge in [-0.3, -0.25) is 9.59 Å². The van der Waals surface area contributed by atoms with E-state index in [9.17, 15) is 9.59 Å². The first-order valence-corrected chi connectivity index (χ1v) is 12.5. The van der Waals surface area contributed by atoms with Crippen LogP contribution in [0.2, 0.25) is 5.15 Å². The number of carbonyl (C=O) groups is 1. The maximum atomic E-state index is 13.6. The molecule has 0 saturated heterocycles. The van der Waals surface area contributed by atoms with Crippen LogP contribution in [0.5, 0.6) is 11.5 Å². The summed E-state index contributed by atoms with van der Waals surface area (Å²) in [6, 6.07) is 23.9. The van der Waals surface area contributed by atoms with Gasteiger partial charge in [0.1, 0.15) is 23.3 Å². The fourth-order valence-corrected chi connectivity index (χ4v) is 4.23. The lowest BCUT2D eigenvalue weighted by Crippen LogP contribution is -2.32. The zero-order chi connectivity index (χ0) is 26.4. The smallest absolute Gasteiger partial charge is 0.281 e. The molecule has 0 aliphatic carbocycles. The van der Waals surface area contributed by atoms with E-state index < -0.39 is 11.3 Å². The van der Waals surface area contributed by atoms with Gasteiger partial charge in [0, 0.05) is 5.56 Å². The molecule has 6 nitrogen and oxygen atoms in total. The predicted octanol–water partition coefficient (Wildman–Crippen LogP) is 5.96. The van der Waals surface area contributed by atoms with E-state index in [1.807, 2.05) is 68.4 Å². The molecule has 0 amide bonds. The highest BCUT2D eigenvalue weighted by Crippen LogP contribution is 2.21. The summed E-state index contributed by atoms with van der Waals surface area (Å²) in [5.41, 5.74) is 2.20. The number of ether oxygens (including phenoxy) is 2. The second-order valence-electron chi connectivity index (χ2n) is 9.16. The van der Waals surface area contributed by atoms with Crippen molar-refractivity contribution in [2.75, 3.05) is 7.11 Å². The summed E-state index contributed by atoms with van der Waals surface area (Å²) in [5, 5.41) is 0.160. The SMILES string of the molecule is COc1ccc(Cn2c(CC(C)C)c(Cl)nc(C(=O)c3ccc(OCc4ccccc4)cc3)c2=O)cc1. The molecule has 1 aromatic heterocycles. The number of methoxy groups -OCH3 is 1. The minimum Gasteiger partial charge on any atom is -0.497 e. The van der Waals surface area contributed by atoms with Crippen LogP contribution < -0.4 is 15.0 Å². The van der Waals surface area contributed by atoms with Crippen molar-refractivity contribution < 1.29 is 14.3 Å². The van der Waals surface area contributed by atoms with Gasteiger partial charge >= 0.3 is 0 Å². The van der Waals surface area contributed by atoms with Crippen LogP contribution in [0.25, 0.3) is 0 Å². The Labute approximate surface area is 221 Å². The normalized spacial score (nSPS) is 10.9. The number of halogens is 1. The second kappa shape index (κ2) is 11.9. The molecule has 0 saturated carbocycles. The van der Waals surface area contributed by atoms with Gasteiger partial charge in [-0.1, -0.05) is 67.9 Å². The van der Waals surface area contributed by atoms with Gasteiger partial charge in [-0.05, 0) is 59.9 Å². The van der Waals surface area contributed by atoms with E-state index in [1.54, 1.807) is 35.9 Å². The number of aromatic nitrogens is 2. The molecule has 0 unspecified atom stereocenters. The summed E-state index contributed by atoms with van der Waals surface area (Å²) in [7, 11) is 1.60. The molecule has 0 fully saturated rings. The van der Waals surface area contributed by atoms with E-state index in [4.69, 9.17) is 21.1 Å². The monoisotopic (exact) mass is 516 g/mol. The fraction of sp³-hybridized carbons (Fsp3) is 0.233. The highest BCUT2D eigenvalue weighted by atomic mass is 35.5. The Morgan fingerprint density at radius 3 is 2.19 bits per heavy atom. The largest absolute Gasteiger partial charge is 0.497 e. The number of hydrogen-bond acceptors (Lipinski definition) is 5. The lowest BCUT2D eigenvalue weighted by atomic mass is 10.1. The summed E-state index contributed by atoms with van der Waals surface area (Å²) in [4.78, 5) is 31.2. The number of hydrogen-bond donors (Lipinski definition) is 0. The first-order chi connectivity index (χ1) is 17.9. The maximum Gasteiger partial charge on any atom is 0.281 e. The van der Waals surface area contributed by atoms with E-state index in [1.165, 1.54) is 0 Å². The molecule has 37 heavy (non-hydrogen) atoms. The van der Waals surface area contributed by atoms with Crippen molar-refractivity contribution in [3.05, 3.63) is 122 Å². The van der Waals surface area contributed by atoms with Crippen molar-refractivity contribution in [1.29, 1.82) is 0 Å². The lowest BCUT2D eigenvalue weighted by molar-refractivity contribution is 0.103.